The highest BCUT2D eigenvalue weighted by molar-refractivity contribution is 7.15. The van der Waals surface area contributed by atoms with E-state index in [-0.39, 0.29) is 5.82 Å². The van der Waals surface area contributed by atoms with Crippen molar-refractivity contribution in [1.82, 2.24) is 9.97 Å². The van der Waals surface area contributed by atoms with Crippen molar-refractivity contribution >= 4 is 17.3 Å². The van der Waals surface area contributed by atoms with Crippen molar-refractivity contribution in [3.63, 3.8) is 0 Å². The van der Waals surface area contributed by atoms with Crippen LogP contribution >= 0.6 is 11.3 Å². The molecule has 0 bridgehead atoms. The van der Waals surface area contributed by atoms with Crippen LogP contribution < -0.4 is 0 Å². The SMILES string of the molecule is Cc1ccc(-c2cnc(C(=O)O)nc2)s1. The standard InChI is InChI=1S/C10H8N2O2S/c1-6-2-3-8(15-6)7-4-11-9(10(13)14)12-5-7/h2-5H,1H3,(H,13,14). The number of aromatic nitrogens is 2. The van der Waals surface area contributed by atoms with E-state index in [4.69, 9.17) is 5.11 Å². The van der Waals surface area contributed by atoms with Crippen LogP contribution in [0.5, 0.6) is 0 Å². The normalized spacial score (nSPS) is 10.2. The van der Waals surface area contributed by atoms with Gasteiger partial charge in [-0.3, -0.25) is 0 Å². The molecular weight excluding hydrogens is 212 g/mol. The fourth-order valence-electron chi connectivity index (χ4n) is 1.16. The Morgan fingerprint density at radius 2 is 2.00 bits per heavy atom. The first-order chi connectivity index (χ1) is 7.16. The zero-order valence-corrected chi connectivity index (χ0v) is 8.78. The zero-order valence-electron chi connectivity index (χ0n) is 7.97. The molecule has 0 aliphatic carbocycles. The molecule has 2 rings (SSSR count). The van der Waals surface area contributed by atoms with Crippen LogP contribution in [0, 0.1) is 6.92 Å². The number of nitrogens with zero attached hydrogens (tertiary/aromatic N) is 2. The second kappa shape index (κ2) is 3.78. The van der Waals surface area contributed by atoms with Crippen LogP contribution in [0.4, 0.5) is 0 Å². The van der Waals surface area contributed by atoms with E-state index in [0.717, 1.165) is 10.4 Å². The van der Waals surface area contributed by atoms with E-state index < -0.39 is 5.97 Å². The Balaban J connectivity index is 2.35. The van der Waals surface area contributed by atoms with Crippen LogP contribution in [-0.2, 0) is 0 Å². The third-order valence-corrected chi connectivity index (χ3v) is 2.92. The largest absolute Gasteiger partial charge is 0.475 e. The van der Waals surface area contributed by atoms with Crippen LogP contribution in [0.1, 0.15) is 15.5 Å². The molecule has 0 saturated carbocycles. The van der Waals surface area contributed by atoms with E-state index >= 15 is 0 Å². The van der Waals surface area contributed by atoms with Gasteiger partial charge in [-0.2, -0.15) is 0 Å². The molecule has 0 amide bonds. The quantitative estimate of drug-likeness (QED) is 0.842. The van der Waals surface area contributed by atoms with Crippen LogP contribution in [0.15, 0.2) is 24.5 Å². The first-order valence-electron chi connectivity index (χ1n) is 4.29. The lowest BCUT2D eigenvalue weighted by molar-refractivity contribution is 0.0683. The van der Waals surface area contributed by atoms with Gasteiger partial charge in [0, 0.05) is 27.7 Å². The van der Waals surface area contributed by atoms with E-state index in [0.29, 0.717) is 0 Å². The van der Waals surface area contributed by atoms with Crippen LogP contribution in [0.25, 0.3) is 10.4 Å². The highest BCUT2D eigenvalue weighted by atomic mass is 32.1. The van der Waals surface area contributed by atoms with Crippen molar-refractivity contribution in [2.75, 3.05) is 0 Å². The molecule has 76 valence electrons. The monoisotopic (exact) mass is 220 g/mol. The summed E-state index contributed by atoms with van der Waals surface area (Å²) in [7, 11) is 0. The third-order valence-electron chi connectivity index (χ3n) is 1.87. The van der Waals surface area contributed by atoms with E-state index in [2.05, 4.69) is 9.97 Å². The molecule has 0 radical (unpaired) electrons. The summed E-state index contributed by atoms with van der Waals surface area (Å²) in [5, 5.41) is 8.63. The summed E-state index contributed by atoms with van der Waals surface area (Å²) in [6.07, 6.45) is 3.06. The molecule has 0 spiro atoms. The summed E-state index contributed by atoms with van der Waals surface area (Å²) in [6.45, 7) is 2.01. The number of aryl methyl sites for hydroxylation is 1. The van der Waals surface area contributed by atoms with Crippen LogP contribution in [0.3, 0.4) is 0 Å². The molecule has 4 nitrogen and oxygen atoms in total. The van der Waals surface area contributed by atoms with Gasteiger partial charge in [0.1, 0.15) is 0 Å². The predicted octanol–water partition coefficient (Wildman–Crippen LogP) is 2.21. The van der Waals surface area contributed by atoms with Crippen LogP contribution in [-0.4, -0.2) is 21.0 Å². The Morgan fingerprint density at radius 1 is 1.33 bits per heavy atom. The molecule has 15 heavy (non-hydrogen) atoms. The number of hydrogen-bond donors (Lipinski definition) is 1. The molecule has 0 fully saturated rings. The Morgan fingerprint density at radius 3 is 2.47 bits per heavy atom. The number of thiophene rings is 1. The molecule has 0 aromatic carbocycles. The van der Waals surface area contributed by atoms with E-state index in [1.807, 2.05) is 19.1 Å². The van der Waals surface area contributed by atoms with E-state index in [1.54, 1.807) is 11.3 Å². The van der Waals surface area contributed by atoms with Crippen molar-refractivity contribution < 1.29 is 9.90 Å². The summed E-state index contributed by atoms with van der Waals surface area (Å²) in [5.74, 6) is -1.28. The Hall–Kier alpha value is -1.75. The molecule has 5 heteroatoms. The average molecular weight is 220 g/mol. The van der Waals surface area contributed by atoms with Gasteiger partial charge < -0.3 is 5.11 Å². The second-order valence-corrected chi connectivity index (χ2v) is 4.30. The Labute approximate surface area is 90.3 Å². The van der Waals surface area contributed by atoms with Gasteiger partial charge in [-0.05, 0) is 19.1 Å². The molecule has 2 aromatic heterocycles. The fraction of sp³-hybridized carbons (Fsp3) is 0.100. The van der Waals surface area contributed by atoms with Crippen molar-refractivity contribution in [2.45, 2.75) is 6.92 Å². The fourth-order valence-corrected chi connectivity index (χ4v) is 2.00. The van der Waals surface area contributed by atoms with Gasteiger partial charge in [0.05, 0.1) is 0 Å². The molecule has 0 saturated heterocycles. The summed E-state index contributed by atoms with van der Waals surface area (Å²) in [6, 6.07) is 3.98. The van der Waals surface area contributed by atoms with Gasteiger partial charge in [0.2, 0.25) is 5.82 Å². The maximum atomic E-state index is 10.5. The summed E-state index contributed by atoms with van der Waals surface area (Å²) < 4.78 is 0. The number of carboxylic acid groups (broad SMARTS) is 1. The maximum absolute atomic E-state index is 10.5. The predicted molar refractivity (Wildman–Crippen MR) is 57.0 cm³/mol. The van der Waals surface area contributed by atoms with Gasteiger partial charge in [-0.25, -0.2) is 14.8 Å². The number of hydrogen-bond acceptors (Lipinski definition) is 4. The number of carboxylic acids is 1. The molecule has 0 aliphatic heterocycles. The second-order valence-electron chi connectivity index (χ2n) is 3.01. The van der Waals surface area contributed by atoms with Gasteiger partial charge in [-0.15, -0.1) is 11.3 Å². The lowest BCUT2D eigenvalue weighted by atomic mass is 10.3. The van der Waals surface area contributed by atoms with Gasteiger partial charge in [-0.1, -0.05) is 0 Å². The number of rotatable bonds is 2. The maximum Gasteiger partial charge on any atom is 0.373 e. The highest BCUT2D eigenvalue weighted by Gasteiger charge is 2.07. The first-order valence-corrected chi connectivity index (χ1v) is 5.10. The van der Waals surface area contributed by atoms with E-state index in [1.165, 1.54) is 17.3 Å². The van der Waals surface area contributed by atoms with Crippen molar-refractivity contribution in [1.29, 1.82) is 0 Å². The molecule has 2 heterocycles. The van der Waals surface area contributed by atoms with Crippen molar-refractivity contribution in [3.05, 3.63) is 35.2 Å². The summed E-state index contributed by atoms with van der Waals surface area (Å²) in [5.41, 5.74) is 0.845. The smallest absolute Gasteiger partial charge is 0.373 e. The lowest BCUT2D eigenvalue weighted by Crippen LogP contribution is -2.02. The molecule has 0 atom stereocenters. The third kappa shape index (κ3) is 2.02. The summed E-state index contributed by atoms with van der Waals surface area (Å²) in [4.78, 5) is 20.3. The minimum absolute atomic E-state index is 0.174. The van der Waals surface area contributed by atoms with Crippen LogP contribution in [0.2, 0.25) is 0 Å². The molecule has 2 aromatic rings. The van der Waals surface area contributed by atoms with Gasteiger partial charge in [0.15, 0.2) is 0 Å². The van der Waals surface area contributed by atoms with Crippen molar-refractivity contribution in [3.8, 4) is 10.4 Å². The molecular formula is C10H8N2O2S. The van der Waals surface area contributed by atoms with Crippen molar-refractivity contribution in [2.24, 2.45) is 0 Å². The minimum Gasteiger partial charge on any atom is -0.475 e. The van der Waals surface area contributed by atoms with E-state index in [9.17, 15) is 4.79 Å². The highest BCUT2D eigenvalue weighted by Crippen LogP contribution is 2.26. The lowest BCUT2D eigenvalue weighted by Gasteiger charge is -1.96. The first kappa shape index (κ1) is 9.79. The molecule has 1 N–H and O–H groups in total. The summed E-state index contributed by atoms with van der Waals surface area (Å²) >= 11 is 1.63. The topological polar surface area (TPSA) is 63.1 Å². The zero-order chi connectivity index (χ0) is 10.8. The number of aromatic carboxylic acids is 1. The Kier molecular flexibility index (Phi) is 2.47. The average Bonchev–Trinajstić information content (AvgIpc) is 2.65. The van der Waals surface area contributed by atoms with Gasteiger partial charge in [0.25, 0.3) is 0 Å². The van der Waals surface area contributed by atoms with Gasteiger partial charge >= 0.3 is 5.97 Å². The number of carbonyl (C=O) groups is 1. The Bertz CT molecular complexity index is 490. The minimum atomic E-state index is -1.11. The molecule has 0 aliphatic rings. The molecule has 0 unspecified atom stereocenters.